The maximum absolute atomic E-state index is 13.4. The molecule has 0 saturated carbocycles. The van der Waals surface area contributed by atoms with Crippen LogP contribution >= 0.6 is 11.8 Å². The van der Waals surface area contributed by atoms with Gasteiger partial charge in [0.2, 0.25) is 0 Å². The lowest BCUT2D eigenvalue weighted by Crippen LogP contribution is -2.08. The van der Waals surface area contributed by atoms with Crippen LogP contribution < -0.4 is 5.32 Å². The number of methoxy groups -OCH3 is 1. The fourth-order valence-corrected chi connectivity index (χ4v) is 2.81. The number of nitrogens with one attached hydrogen (secondary N) is 1. The number of nitrogens with zero attached hydrogens (tertiary/aromatic N) is 1. The summed E-state index contributed by atoms with van der Waals surface area (Å²) in [5.74, 6) is 0.786. The van der Waals surface area contributed by atoms with E-state index in [1.165, 1.54) is 13.2 Å². The first-order valence-electron chi connectivity index (χ1n) is 7.11. The van der Waals surface area contributed by atoms with Gasteiger partial charge in [-0.3, -0.25) is 0 Å². The van der Waals surface area contributed by atoms with E-state index < -0.39 is 5.97 Å². The summed E-state index contributed by atoms with van der Waals surface area (Å²) < 4.78 is 18.1. The number of benzene rings is 1. The van der Waals surface area contributed by atoms with Gasteiger partial charge in [0, 0.05) is 12.3 Å². The first-order chi connectivity index (χ1) is 11.0. The summed E-state index contributed by atoms with van der Waals surface area (Å²) in [5.41, 5.74) is 3.04. The Labute approximate surface area is 139 Å². The Bertz CT molecular complexity index is 707. The number of halogens is 1. The van der Waals surface area contributed by atoms with Gasteiger partial charge in [0.15, 0.2) is 0 Å². The molecule has 0 radical (unpaired) electrons. The second kappa shape index (κ2) is 7.97. The molecule has 23 heavy (non-hydrogen) atoms. The predicted octanol–water partition coefficient (Wildman–Crippen LogP) is 3.79. The molecule has 1 N–H and O–H groups in total. The third kappa shape index (κ3) is 4.45. The van der Waals surface area contributed by atoms with E-state index in [-0.39, 0.29) is 5.82 Å². The number of hydrogen-bond acceptors (Lipinski definition) is 5. The third-order valence-electron chi connectivity index (χ3n) is 3.42. The van der Waals surface area contributed by atoms with Gasteiger partial charge in [-0.1, -0.05) is 6.07 Å². The van der Waals surface area contributed by atoms with Crippen LogP contribution in [0, 0.1) is 12.7 Å². The molecule has 0 spiro atoms. The molecule has 1 aromatic carbocycles. The number of carbonyl (C=O) groups excluding carboxylic acids is 1. The summed E-state index contributed by atoms with van der Waals surface area (Å²) in [7, 11) is 1.34. The number of hydrogen-bond donors (Lipinski definition) is 1. The number of aryl methyl sites for hydroxylation is 1. The van der Waals surface area contributed by atoms with Crippen molar-refractivity contribution in [1.82, 2.24) is 4.98 Å². The van der Waals surface area contributed by atoms with Gasteiger partial charge in [-0.05, 0) is 48.6 Å². The van der Waals surface area contributed by atoms with E-state index in [4.69, 9.17) is 4.74 Å². The van der Waals surface area contributed by atoms with E-state index in [0.717, 1.165) is 16.9 Å². The van der Waals surface area contributed by atoms with Crippen molar-refractivity contribution >= 4 is 23.5 Å². The average molecular weight is 334 g/mol. The molecule has 0 aliphatic carbocycles. The monoisotopic (exact) mass is 334 g/mol. The van der Waals surface area contributed by atoms with Crippen molar-refractivity contribution in [2.75, 3.05) is 18.7 Å². The van der Waals surface area contributed by atoms with Crippen molar-refractivity contribution in [3.8, 4) is 0 Å². The largest absolute Gasteiger partial charge is 0.465 e. The van der Waals surface area contributed by atoms with E-state index >= 15 is 0 Å². The highest BCUT2D eigenvalue weighted by Gasteiger charge is 2.11. The Morgan fingerprint density at radius 2 is 2.09 bits per heavy atom. The summed E-state index contributed by atoms with van der Waals surface area (Å²) in [6.07, 6.45) is 1.98. The third-order valence-corrected chi connectivity index (χ3v) is 4.02. The number of ether oxygens (including phenoxy) is 1. The fourth-order valence-electron chi connectivity index (χ4n) is 2.23. The van der Waals surface area contributed by atoms with Crippen molar-refractivity contribution in [3.05, 3.63) is 58.5 Å². The first kappa shape index (κ1) is 17.3. The van der Waals surface area contributed by atoms with E-state index in [1.807, 2.05) is 6.26 Å². The van der Waals surface area contributed by atoms with Gasteiger partial charge in [0.1, 0.15) is 11.6 Å². The lowest BCUT2D eigenvalue weighted by atomic mass is 10.1. The summed E-state index contributed by atoms with van der Waals surface area (Å²) in [6, 6.07) is 8.22. The molecule has 1 heterocycles. The van der Waals surface area contributed by atoms with Gasteiger partial charge in [0.25, 0.3) is 0 Å². The molecule has 2 rings (SSSR count). The summed E-state index contributed by atoms with van der Waals surface area (Å²) in [4.78, 5) is 15.9. The number of esters is 1. The smallest absolute Gasteiger partial charge is 0.339 e. The maximum atomic E-state index is 13.4. The zero-order chi connectivity index (χ0) is 16.8. The van der Waals surface area contributed by atoms with Crippen LogP contribution in [-0.4, -0.2) is 24.3 Å². The Hall–Kier alpha value is -2.08. The highest BCUT2D eigenvalue weighted by molar-refractivity contribution is 7.97. The van der Waals surface area contributed by atoms with Crippen LogP contribution in [0.3, 0.4) is 0 Å². The average Bonchev–Trinajstić information content (AvgIpc) is 2.54. The lowest BCUT2D eigenvalue weighted by Gasteiger charge is -2.12. The number of anilines is 1. The lowest BCUT2D eigenvalue weighted by molar-refractivity contribution is 0.0599. The van der Waals surface area contributed by atoms with Gasteiger partial charge in [-0.2, -0.15) is 11.8 Å². The van der Waals surface area contributed by atoms with Crippen LogP contribution in [0.2, 0.25) is 0 Å². The highest BCUT2D eigenvalue weighted by atomic mass is 32.2. The highest BCUT2D eigenvalue weighted by Crippen LogP contribution is 2.18. The molecule has 0 aliphatic heterocycles. The molecule has 0 atom stereocenters. The minimum Gasteiger partial charge on any atom is -0.465 e. The van der Waals surface area contributed by atoms with E-state index in [1.54, 1.807) is 43.0 Å². The normalized spacial score (nSPS) is 10.4. The number of carbonyl (C=O) groups is 1. The van der Waals surface area contributed by atoms with Crippen molar-refractivity contribution in [1.29, 1.82) is 0 Å². The van der Waals surface area contributed by atoms with Gasteiger partial charge in [0.05, 0.1) is 18.4 Å². The van der Waals surface area contributed by atoms with Crippen molar-refractivity contribution in [3.63, 3.8) is 0 Å². The van der Waals surface area contributed by atoms with Crippen LogP contribution in [0.1, 0.15) is 27.2 Å². The minimum atomic E-state index is -0.401. The maximum Gasteiger partial charge on any atom is 0.339 e. The number of aromatic nitrogens is 1. The van der Waals surface area contributed by atoms with Crippen LogP contribution in [-0.2, 0) is 17.0 Å². The second-order valence-electron chi connectivity index (χ2n) is 5.02. The number of rotatable bonds is 6. The molecule has 4 nitrogen and oxygen atoms in total. The Morgan fingerprint density at radius 1 is 1.30 bits per heavy atom. The quantitative estimate of drug-likeness (QED) is 0.815. The molecule has 0 aliphatic rings. The molecular weight excluding hydrogens is 315 g/mol. The molecule has 2 aromatic rings. The zero-order valence-electron chi connectivity index (χ0n) is 13.4. The van der Waals surface area contributed by atoms with Crippen LogP contribution in [0.15, 0.2) is 30.3 Å². The predicted molar refractivity (Wildman–Crippen MR) is 91.3 cm³/mol. The summed E-state index contributed by atoms with van der Waals surface area (Å²) >= 11 is 1.65. The van der Waals surface area contributed by atoms with Gasteiger partial charge >= 0.3 is 5.97 Å². The second-order valence-corrected chi connectivity index (χ2v) is 5.89. The first-order valence-corrected chi connectivity index (χ1v) is 8.50. The minimum absolute atomic E-state index is 0.228. The Balaban J connectivity index is 2.12. The van der Waals surface area contributed by atoms with Crippen LogP contribution in [0.5, 0.6) is 0 Å². The molecule has 122 valence electrons. The van der Waals surface area contributed by atoms with E-state index in [2.05, 4.69) is 10.3 Å². The summed E-state index contributed by atoms with van der Waals surface area (Å²) in [5, 5.41) is 3.21. The van der Waals surface area contributed by atoms with Crippen molar-refractivity contribution in [2.45, 2.75) is 19.2 Å². The zero-order valence-corrected chi connectivity index (χ0v) is 14.2. The van der Waals surface area contributed by atoms with Crippen molar-refractivity contribution in [2.24, 2.45) is 0 Å². The molecular formula is C17H19FN2O2S. The summed E-state index contributed by atoms with van der Waals surface area (Å²) in [6.45, 7) is 2.30. The number of pyridine rings is 1. The molecule has 0 fully saturated rings. The van der Waals surface area contributed by atoms with E-state index in [9.17, 15) is 9.18 Å². The molecule has 1 aromatic heterocycles. The molecule has 0 bridgehead atoms. The molecule has 0 unspecified atom stereocenters. The van der Waals surface area contributed by atoms with Gasteiger partial charge in [-0.25, -0.2) is 14.2 Å². The fraction of sp³-hybridized carbons (Fsp3) is 0.294. The molecule has 6 heteroatoms. The Kier molecular flexibility index (Phi) is 5.98. The SMILES string of the molecule is COC(=O)c1ccc(NCc2ccc(F)cc2CSC)nc1C. The van der Waals surface area contributed by atoms with Crippen LogP contribution in [0.25, 0.3) is 0 Å². The standard InChI is InChI=1S/C17H19FN2O2S/c1-11-15(17(21)22-2)6-7-16(20-11)19-9-12-4-5-14(18)8-13(12)10-23-3/h4-8H,9-10H2,1-3H3,(H,19,20). The van der Waals surface area contributed by atoms with Crippen LogP contribution in [0.4, 0.5) is 10.2 Å². The van der Waals surface area contributed by atoms with Gasteiger partial charge in [-0.15, -0.1) is 0 Å². The van der Waals surface area contributed by atoms with E-state index in [0.29, 0.717) is 23.6 Å². The van der Waals surface area contributed by atoms with Gasteiger partial charge < -0.3 is 10.1 Å². The van der Waals surface area contributed by atoms with Crippen molar-refractivity contribution < 1.29 is 13.9 Å². The topological polar surface area (TPSA) is 51.2 Å². The number of thioether (sulfide) groups is 1. The molecule has 0 saturated heterocycles. The molecule has 0 amide bonds. The Morgan fingerprint density at radius 3 is 2.74 bits per heavy atom.